The number of urea groups is 1. The molecule has 9 heteroatoms. The van der Waals surface area contributed by atoms with Gasteiger partial charge in [0.1, 0.15) is 0 Å². The number of nitrogens with zero attached hydrogens (tertiary/aromatic N) is 3. The highest BCUT2D eigenvalue weighted by molar-refractivity contribution is 7.15. The van der Waals surface area contributed by atoms with E-state index >= 15 is 0 Å². The van der Waals surface area contributed by atoms with Gasteiger partial charge in [0, 0.05) is 37.0 Å². The molecule has 0 radical (unpaired) electrons. The third kappa shape index (κ3) is 5.46. The van der Waals surface area contributed by atoms with Crippen molar-refractivity contribution in [1.29, 1.82) is 0 Å². The summed E-state index contributed by atoms with van der Waals surface area (Å²) >= 11 is 1.31. The van der Waals surface area contributed by atoms with E-state index in [4.69, 9.17) is 5.11 Å². The molecular weight excluding hydrogens is 392 g/mol. The van der Waals surface area contributed by atoms with Crippen molar-refractivity contribution in [3.05, 3.63) is 10.6 Å². The molecule has 0 atom stereocenters. The third-order valence-electron chi connectivity index (χ3n) is 5.93. The molecule has 0 bridgehead atoms. The number of aryl methyl sites for hydroxylation is 1. The van der Waals surface area contributed by atoms with Crippen molar-refractivity contribution < 1.29 is 19.5 Å². The first-order valence-corrected chi connectivity index (χ1v) is 11.2. The molecule has 3 rings (SSSR count). The largest absolute Gasteiger partial charge is 0.481 e. The van der Waals surface area contributed by atoms with Crippen molar-refractivity contribution in [3.63, 3.8) is 0 Å². The third-order valence-corrected chi connectivity index (χ3v) is 6.86. The summed E-state index contributed by atoms with van der Waals surface area (Å²) < 4.78 is 0. The molecule has 8 nitrogen and oxygen atoms in total. The molecule has 0 spiro atoms. The van der Waals surface area contributed by atoms with Gasteiger partial charge in [-0.15, -0.1) is 11.3 Å². The SMILES string of the molecule is CC(=O)N1CCC(N(C(=O)Nc2nc(CC(=O)O)c(C)s2)C2CCCCC2)CC1. The lowest BCUT2D eigenvalue weighted by atomic mass is 9.91. The fraction of sp³-hybridized carbons (Fsp3) is 0.700. The van der Waals surface area contributed by atoms with Gasteiger partial charge >= 0.3 is 12.0 Å². The standard InChI is InChI=1S/C20H30N4O4S/c1-13-17(12-18(26)27)21-19(29-13)22-20(28)24(15-6-4-3-5-7-15)16-8-10-23(11-9-16)14(2)25/h15-16H,3-12H2,1-2H3,(H,26,27)(H,21,22,28). The van der Waals surface area contributed by atoms with Gasteiger partial charge < -0.3 is 14.9 Å². The Morgan fingerprint density at radius 3 is 2.34 bits per heavy atom. The monoisotopic (exact) mass is 422 g/mol. The Labute approximate surface area is 175 Å². The lowest BCUT2D eigenvalue weighted by Crippen LogP contribution is -2.54. The Balaban J connectivity index is 1.72. The van der Waals surface area contributed by atoms with Crippen LogP contribution in [0, 0.1) is 6.92 Å². The number of hydrogen-bond acceptors (Lipinski definition) is 5. The lowest BCUT2D eigenvalue weighted by molar-refractivity contribution is -0.136. The van der Waals surface area contributed by atoms with Crippen molar-refractivity contribution in [2.45, 2.75) is 77.3 Å². The maximum absolute atomic E-state index is 13.3. The summed E-state index contributed by atoms with van der Waals surface area (Å²) in [7, 11) is 0. The molecule has 1 aromatic heterocycles. The molecule has 160 valence electrons. The van der Waals surface area contributed by atoms with E-state index in [0.29, 0.717) is 23.9 Å². The molecule has 2 fully saturated rings. The van der Waals surface area contributed by atoms with Crippen molar-refractivity contribution in [2.24, 2.45) is 0 Å². The van der Waals surface area contributed by atoms with Crippen molar-refractivity contribution >= 4 is 34.4 Å². The predicted octanol–water partition coefficient (Wildman–Crippen LogP) is 3.26. The van der Waals surface area contributed by atoms with E-state index < -0.39 is 5.97 Å². The van der Waals surface area contributed by atoms with E-state index in [1.165, 1.54) is 17.8 Å². The Morgan fingerprint density at radius 2 is 1.76 bits per heavy atom. The zero-order chi connectivity index (χ0) is 21.0. The average molecular weight is 423 g/mol. The fourth-order valence-corrected chi connectivity index (χ4v) is 5.21. The summed E-state index contributed by atoms with van der Waals surface area (Å²) in [4.78, 5) is 44.9. The number of carboxylic acid groups (broad SMARTS) is 1. The van der Waals surface area contributed by atoms with Crippen LogP contribution in [0.15, 0.2) is 0 Å². The van der Waals surface area contributed by atoms with E-state index in [-0.39, 0.29) is 30.4 Å². The highest BCUT2D eigenvalue weighted by atomic mass is 32.1. The van der Waals surface area contributed by atoms with Crippen molar-refractivity contribution in [1.82, 2.24) is 14.8 Å². The van der Waals surface area contributed by atoms with Crippen LogP contribution >= 0.6 is 11.3 Å². The van der Waals surface area contributed by atoms with Crippen LogP contribution in [0.4, 0.5) is 9.93 Å². The van der Waals surface area contributed by atoms with E-state index in [9.17, 15) is 14.4 Å². The summed E-state index contributed by atoms with van der Waals surface area (Å²) in [6.45, 7) is 4.76. The average Bonchev–Trinajstić information content (AvgIpc) is 3.01. The van der Waals surface area contributed by atoms with Gasteiger partial charge in [0.15, 0.2) is 5.13 Å². The number of piperidine rings is 1. The fourth-order valence-electron chi connectivity index (χ4n) is 4.39. The number of carbonyl (C=O) groups excluding carboxylic acids is 2. The highest BCUT2D eigenvalue weighted by Crippen LogP contribution is 2.30. The Kier molecular flexibility index (Phi) is 7.10. The van der Waals surface area contributed by atoms with Crippen LogP contribution in [-0.4, -0.2) is 63.0 Å². The minimum absolute atomic E-state index is 0.0846. The highest BCUT2D eigenvalue weighted by Gasteiger charge is 2.34. The molecule has 1 saturated heterocycles. The molecular formula is C20H30N4O4S. The number of thiazole rings is 1. The van der Waals surface area contributed by atoms with Gasteiger partial charge in [-0.05, 0) is 32.6 Å². The Bertz CT molecular complexity index is 752. The number of carboxylic acids is 1. The number of rotatable bonds is 5. The van der Waals surface area contributed by atoms with Gasteiger partial charge in [0.25, 0.3) is 0 Å². The van der Waals surface area contributed by atoms with E-state index in [2.05, 4.69) is 10.3 Å². The number of anilines is 1. The molecule has 1 saturated carbocycles. The second-order valence-electron chi connectivity index (χ2n) is 7.96. The summed E-state index contributed by atoms with van der Waals surface area (Å²) in [5.74, 6) is -0.848. The van der Waals surface area contributed by atoms with Gasteiger partial charge in [-0.3, -0.25) is 14.9 Å². The van der Waals surface area contributed by atoms with E-state index in [1.807, 2.05) is 16.7 Å². The minimum atomic E-state index is -0.933. The number of carbonyl (C=O) groups is 3. The molecule has 1 aliphatic heterocycles. The first kappa shape index (κ1) is 21.5. The molecule has 2 aliphatic rings. The molecule has 0 aromatic carbocycles. The van der Waals surface area contributed by atoms with Crippen molar-refractivity contribution in [3.8, 4) is 0 Å². The van der Waals surface area contributed by atoms with Crippen LogP contribution in [0.1, 0.15) is 62.4 Å². The topological polar surface area (TPSA) is 103 Å². The number of likely N-dealkylation sites (tertiary alicyclic amines) is 1. The van der Waals surface area contributed by atoms with E-state index in [0.717, 1.165) is 43.4 Å². The first-order valence-electron chi connectivity index (χ1n) is 10.4. The van der Waals surface area contributed by atoms with Crippen LogP contribution in [0.3, 0.4) is 0 Å². The van der Waals surface area contributed by atoms with Gasteiger partial charge in [-0.1, -0.05) is 19.3 Å². The van der Waals surface area contributed by atoms with Crippen LogP contribution in [-0.2, 0) is 16.0 Å². The first-order chi connectivity index (χ1) is 13.8. The summed E-state index contributed by atoms with van der Waals surface area (Å²) in [6, 6.07) is 0.152. The summed E-state index contributed by atoms with van der Waals surface area (Å²) in [6.07, 6.45) is 6.88. The predicted molar refractivity (Wildman–Crippen MR) is 111 cm³/mol. The molecule has 0 unspecified atom stereocenters. The normalized spacial score (nSPS) is 18.5. The summed E-state index contributed by atoms with van der Waals surface area (Å²) in [5, 5.41) is 12.4. The van der Waals surface area contributed by atoms with E-state index in [1.54, 1.807) is 6.92 Å². The Morgan fingerprint density at radius 1 is 1.14 bits per heavy atom. The van der Waals surface area contributed by atoms with Crippen molar-refractivity contribution in [2.75, 3.05) is 18.4 Å². The second kappa shape index (κ2) is 9.56. The lowest BCUT2D eigenvalue weighted by Gasteiger charge is -2.43. The Hall–Kier alpha value is -2.16. The number of amides is 3. The van der Waals surface area contributed by atoms with Gasteiger partial charge in [-0.2, -0.15) is 0 Å². The van der Waals surface area contributed by atoms with Crippen LogP contribution < -0.4 is 5.32 Å². The molecule has 2 N–H and O–H groups in total. The van der Waals surface area contributed by atoms with Gasteiger partial charge in [-0.25, -0.2) is 9.78 Å². The summed E-state index contributed by atoms with van der Waals surface area (Å²) in [5.41, 5.74) is 0.497. The van der Waals surface area contributed by atoms with Crippen LogP contribution in [0.5, 0.6) is 0 Å². The number of aromatic nitrogens is 1. The maximum Gasteiger partial charge on any atom is 0.324 e. The molecule has 29 heavy (non-hydrogen) atoms. The minimum Gasteiger partial charge on any atom is -0.481 e. The molecule has 3 amide bonds. The number of aliphatic carboxylic acids is 1. The maximum atomic E-state index is 13.3. The zero-order valence-electron chi connectivity index (χ0n) is 17.1. The zero-order valence-corrected chi connectivity index (χ0v) is 18.0. The molecule has 1 aromatic rings. The van der Waals surface area contributed by atoms with Gasteiger partial charge in [0.05, 0.1) is 12.1 Å². The molecule has 2 heterocycles. The number of nitrogens with one attached hydrogen (secondary N) is 1. The number of hydrogen-bond donors (Lipinski definition) is 2. The quantitative estimate of drug-likeness (QED) is 0.758. The smallest absolute Gasteiger partial charge is 0.324 e. The second-order valence-corrected chi connectivity index (χ2v) is 9.16. The van der Waals surface area contributed by atoms with Crippen LogP contribution in [0.25, 0.3) is 0 Å². The van der Waals surface area contributed by atoms with Gasteiger partial charge in [0.2, 0.25) is 5.91 Å². The van der Waals surface area contributed by atoms with Crippen LogP contribution in [0.2, 0.25) is 0 Å². The molecule has 1 aliphatic carbocycles.